The second-order valence-electron chi connectivity index (χ2n) is 2.27. The molecule has 0 amide bonds. The third-order valence-electron chi connectivity index (χ3n) is 1.33. The molecule has 0 aliphatic carbocycles. The number of anilines is 1. The molecule has 1 radical (unpaired) electrons. The summed E-state index contributed by atoms with van der Waals surface area (Å²) in [6, 6.07) is 9.79. The summed E-state index contributed by atoms with van der Waals surface area (Å²) in [5.74, 6) is 0. The van der Waals surface area contributed by atoms with Gasteiger partial charge in [-0.1, -0.05) is 18.2 Å². The zero-order chi connectivity index (χ0) is 8.81. The number of rotatable bonds is 2. The largest absolute Gasteiger partial charge is 0.331 e. The van der Waals surface area contributed by atoms with Crippen LogP contribution in [0.5, 0.6) is 0 Å². The lowest BCUT2D eigenvalue weighted by Crippen LogP contribution is -2.04. The molecule has 63 valence electrons. The van der Waals surface area contributed by atoms with Gasteiger partial charge in [0, 0.05) is 12.2 Å². The van der Waals surface area contributed by atoms with Gasteiger partial charge in [0.1, 0.15) is 0 Å². The molecular weight excluding hydrogens is 168 g/mol. The third-order valence-corrected chi connectivity index (χ3v) is 1.56. The first kappa shape index (κ1) is 9.00. The first-order valence-corrected chi connectivity index (χ1v) is 4.27. The number of nitrogens with one attached hydrogen (secondary N) is 1. The number of aliphatic imine (C=N–C) groups is 1. The second kappa shape index (κ2) is 4.72. The highest BCUT2D eigenvalue weighted by Crippen LogP contribution is 2.05. The third kappa shape index (κ3) is 2.88. The molecule has 0 saturated carbocycles. The van der Waals surface area contributed by atoms with E-state index >= 15 is 0 Å². The van der Waals surface area contributed by atoms with E-state index in [1.807, 2.05) is 37.3 Å². The van der Waals surface area contributed by atoms with Gasteiger partial charge in [-0.3, -0.25) is 4.99 Å². The smallest absolute Gasteiger partial charge is 0.192 e. The zero-order valence-corrected chi connectivity index (χ0v) is 7.77. The predicted octanol–water partition coefficient (Wildman–Crippen LogP) is 2.67. The average molecular weight is 179 g/mol. The van der Waals surface area contributed by atoms with Crippen LogP contribution in [0.2, 0.25) is 0 Å². The minimum absolute atomic E-state index is 0.545. The van der Waals surface area contributed by atoms with E-state index in [1.54, 1.807) is 0 Å². The standard InChI is InChI=1S/C9H11N2S/c1-2-10-9(12)11-8-6-4-3-5-7-8/h3-7H,2H2,1H3,(H,10,11). The Bertz CT molecular complexity index is 256. The zero-order valence-electron chi connectivity index (χ0n) is 6.95. The number of para-hydroxylation sites is 1. The maximum absolute atomic E-state index is 4.96. The van der Waals surface area contributed by atoms with Crippen molar-refractivity contribution in [2.24, 2.45) is 4.99 Å². The maximum atomic E-state index is 4.96. The molecule has 1 aromatic carbocycles. The highest BCUT2D eigenvalue weighted by atomic mass is 32.1. The summed E-state index contributed by atoms with van der Waals surface area (Å²) in [6.45, 7) is 2.68. The van der Waals surface area contributed by atoms with Crippen LogP contribution in [0.15, 0.2) is 35.3 Å². The van der Waals surface area contributed by atoms with Gasteiger partial charge in [-0.15, -0.1) is 0 Å². The van der Waals surface area contributed by atoms with Crippen LogP contribution in [0.4, 0.5) is 5.69 Å². The molecular formula is C9H11N2S. The molecule has 0 unspecified atom stereocenters. The fraction of sp³-hybridized carbons (Fsp3) is 0.222. The molecule has 1 rings (SSSR count). The van der Waals surface area contributed by atoms with Crippen molar-refractivity contribution in [2.45, 2.75) is 6.92 Å². The first-order valence-electron chi connectivity index (χ1n) is 3.86. The van der Waals surface area contributed by atoms with Crippen molar-refractivity contribution in [3.63, 3.8) is 0 Å². The quantitative estimate of drug-likeness (QED) is 0.548. The van der Waals surface area contributed by atoms with E-state index in [-0.39, 0.29) is 0 Å². The van der Waals surface area contributed by atoms with Crippen LogP contribution in [0, 0.1) is 0 Å². The molecule has 12 heavy (non-hydrogen) atoms. The van der Waals surface area contributed by atoms with E-state index in [0.717, 1.165) is 12.2 Å². The molecule has 2 nitrogen and oxygen atoms in total. The van der Waals surface area contributed by atoms with Crippen LogP contribution in [0.1, 0.15) is 6.92 Å². The van der Waals surface area contributed by atoms with Crippen molar-refractivity contribution in [3.8, 4) is 0 Å². The normalized spacial score (nSPS) is 11.2. The molecule has 0 aromatic heterocycles. The summed E-state index contributed by atoms with van der Waals surface area (Å²) >= 11 is 4.96. The molecule has 3 heteroatoms. The Morgan fingerprint density at radius 3 is 2.67 bits per heavy atom. The van der Waals surface area contributed by atoms with Gasteiger partial charge < -0.3 is 5.32 Å². The monoisotopic (exact) mass is 179 g/mol. The maximum Gasteiger partial charge on any atom is 0.192 e. The van der Waals surface area contributed by atoms with Gasteiger partial charge in [0.2, 0.25) is 0 Å². The molecule has 0 aliphatic rings. The molecule has 0 bridgehead atoms. The highest BCUT2D eigenvalue weighted by Gasteiger charge is 1.92. The summed E-state index contributed by atoms with van der Waals surface area (Å²) in [4.78, 5) is 4.04. The molecule has 1 aromatic rings. The lowest BCUT2D eigenvalue weighted by molar-refractivity contribution is 1.14. The van der Waals surface area contributed by atoms with E-state index in [2.05, 4.69) is 10.3 Å². The number of hydrogen-bond acceptors (Lipinski definition) is 1. The minimum atomic E-state index is 0.545. The summed E-state index contributed by atoms with van der Waals surface area (Å²) in [5.41, 5.74) is 0.986. The van der Waals surface area contributed by atoms with Crippen LogP contribution >= 0.6 is 12.6 Å². The van der Waals surface area contributed by atoms with E-state index < -0.39 is 0 Å². The predicted molar refractivity (Wildman–Crippen MR) is 55.6 cm³/mol. The Hall–Kier alpha value is -1.09. The lowest BCUT2D eigenvalue weighted by Gasteiger charge is -2.01. The number of amidine groups is 1. The van der Waals surface area contributed by atoms with Crippen LogP contribution in [-0.2, 0) is 0 Å². The Morgan fingerprint density at radius 2 is 2.08 bits per heavy atom. The van der Waals surface area contributed by atoms with Crippen LogP contribution in [-0.4, -0.2) is 11.7 Å². The molecule has 1 N–H and O–H groups in total. The molecule has 0 heterocycles. The molecule has 0 spiro atoms. The van der Waals surface area contributed by atoms with Gasteiger partial charge in [0.25, 0.3) is 0 Å². The molecule has 0 saturated heterocycles. The average Bonchev–Trinajstić information content (AvgIpc) is 2.06. The topological polar surface area (TPSA) is 24.4 Å². The van der Waals surface area contributed by atoms with Gasteiger partial charge in [-0.05, 0) is 31.7 Å². The van der Waals surface area contributed by atoms with Crippen LogP contribution < -0.4 is 5.32 Å². The Kier molecular flexibility index (Phi) is 3.54. The van der Waals surface area contributed by atoms with Crippen molar-refractivity contribution in [1.29, 1.82) is 0 Å². The van der Waals surface area contributed by atoms with Crippen molar-refractivity contribution in [2.75, 3.05) is 11.9 Å². The second-order valence-corrected chi connectivity index (χ2v) is 2.66. The van der Waals surface area contributed by atoms with E-state index in [9.17, 15) is 0 Å². The SMILES string of the molecule is CCN=C([S])Nc1ccccc1. The summed E-state index contributed by atoms with van der Waals surface area (Å²) in [6.07, 6.45) is 0. The van der Waals surface area contributed by atoms with Gasteiger partial charge in [-0.25, -0.2) is 0 Å². The molecule has 0 atom stereocenters. The summed E-state index contributed by atoms with van der Waals surface area (Å²) in [7, 11) is 0. The van der Waals surface area contributed by atoms with Gasteiger partial charge in [0.05, 0.1) is 0 Å². The first-order chi connectivity index (χ1) is 5.83. The number of nitrogens with zero attached hydrogens (tertiary/aromatic N) is 1. The Balaban J connectivity index is 2.58. The highest BCUT2D eigenvalue weighted by molar-refractivity contribution is 7.97. The van der Waals surface area contributed by atoms with E-state index in [1.165, 1.54) is 0 Å². The van der Waals surface area contributed by atoms with Crippen molar-refractivity contribution in [1.82, 2.24) is 0 Å². The van der Waals surface area contributed by atoms with Crippen LogP contribution in [0.25, 0.3) is 0 Å². The van der Waals surface area contributed by atoms with E-state index in [4.69, 9.17) is 12.6 Å². The van der Waals surface area contributed by atoms with Gasteiger partial charge in [-0.2, -0.15) is 0 Å². The van der Waals surface area contributed by atoms with Gasteiger partial charge >= 0.3 is 0 Å². The van der Waals surface area contributed by atoms with E-state index in [0.29, 0.717) is 5.17 Å². The molecule has 0 fully saturated rings. The number of benzene rings is 1. The van der Waals surface area contributed by atoms with Gasteiger partial charge in [0.15, 0.2) is 5.17 Å². The Morgan fingerprint density at radius 1 is 1.42 bits per heavy atom. The van der Waals surface area contributed by atoms with Crippen molar-refractivity contribution < 1.29 is 0 Å². The molecule has 0 aliphatic heterocycles. The van der Waals surface area contributed by atoms with Crippen molar-refractivity contribution >= 4 is 23.5 Å². The fourth-order valence-electron chi connectivity index (χ4n) is 0.828. The number of hydrogen-bond donors (Lipinski definition) is 1. The summed E-state index contributed by atoms with van der Waals surface area (Å²) < 4.78 is 0. The van der Waals surface area contributed by atoms with Crippen LogP contribution in [0.3, 0.4) is 0 Å². The summed E-state index contributed by atoms with van der Waals surface area (Å²) in [5, 5.41) is 3.55. The van der Waals surface area contributed by atoms with Crippen molar-refractivity contribution in [3.05, 3.63) is 30.3 Å². The minimum Gasteiger partial charge on any atom is -0.331 e. The lowest BCUT2D eigenvalue weighted by atomic mass is 10.3. The Labute approximate surface area is 78.1 Å². The fourth-order valence-corrected chi connectivity index (χ4v) is 1.08.